The Morgan fingerprint density at radius 2 is 1.92 bits per heavy atom. The van der Waals surface area contributed by atoms with Crippen molar-refractivity contribution in [1.29, 1.82) is 0 Å². The van der Waals surface area contributed by atoms with Gasteiger partial charge in [-0.1, -0.05) is 6.07 Å². The summed E-state index contributed by atoms with van der Waals surface area (Å²) in [6.45, 7) is 2.70. The topological polar surface area (TPSA) is 120 Å². The third-order valence-corrected chi connectivity index (χ3v) is 9.17. The van der Waals surface area contributed by atoms with Crippen LogP contribution in [-0.2, 0) is 17.6 Å². The number of H-pyrrole nitrogens is 1. The number of nitrogens with two attached hydrogens (primary N) is 1. The predicted molar refractivity (Wildman–Crippen MR) is 145 cm³/mol. The Balaban J connectivity index is 1.07. The molecule has 4 aromatic rings. The van der Waals surface area contributed by atoms with E-state index >= 15 is 0 Å². The van der Waals surface area contributed by atoms with E-state index in [0.29, 0.717) is 48.6 Å². The van der Waals surface area contributed by atoms with Gasteiger partial charge in [0.15, 0.2) is 17.0 Å². The van der Waals surface area contributed by atoms with Gasteiger partial charge in [-0.05, 0) is 60.4 Å². The number of rotatable bonds is 2. The van der Waals surface area contributed by atoms with Crippen LogP contribution >= 0.6 is 0 Å². The number of aryl methyl sites for hydroxylation is 1. The van der Waals surface area contributed by atoms with Crippen LogP contribution in [0.4, 0.5) is 27.4 Å². The number of aromatic nitrogens is 5. The maximum absolute atomic E-state index is 14.6. The number of halogens is 1. The number of benzene rings is 1. The molecule has 1 spiro atoms. The number of aromatic amines is 1. The van der Waals surface area contributed by atoms with Gasteiger partial charge in [-0.15, -0.1) is 0 Å². The van der Waals surface area contributed by atoms with Crippen LogP contribution in [0.3, 0.4) is 0 Å². The van der Waals surface area contributed by atoms with E-state index in [2.05, 4.69) is 26.1 Å². The average molecular weight is 526 g/mol. The van der Waals surface area contributed by atoms with Gasteiger partial charge in [-0.25, -0.2) is 14.4 Å². The lowest BCUT2D eigenvalue weighted by atomic mass is 9.73. The second-order valence-electron chi connectivity index (χ2n) is 11.1. The Labute approximate surface area is 224 Å². The number of carbonyl (C=O) groups is 1. The summed E-state index contributed by atoms with van der Waals surface area (Å²) in [5.74, 6) is 1.15. The molecule has 3 N–H and O–H groups in total. The van der Waals surface area contributed by atoms with Gasteiger partial charge in [-0.2, -0.15) is 5.10 Å². The minimum Gasteiger partial charge on any atom is -0.355 e. The van der Waals surface area contributed by atoms with Crippen LogP contribution in [0.1, 0.15) is 42.1 Å². The monoisotopic (exact) mass is 525 g/mol. The van der Waals surface area contributed by atoms with Crippen molar-refractivity contribution >= 4 is 40.1 Å². The van der Waals surface area contributed by atoms with Gasteiger partial charge in [0.2, 0.25) is 5.91 Å². The molecule has 11 heteroatoms. The van der Waals surface area contributed by atoms with Crippen molar-refractivity contribution in [2.45, 2.75) is 38.1 Å². The quantitative estimate of drug-likeness (QED) is 0.410. The van der Waals surface area contributed by atoms with Crippen molar-refractivity contribution in [3.8, 4) is 0 Å². The summed E-state index contributed by atoms with van der Waals surface area (Å²) in [6.07, 6.45) is 7.45. The molecule has 3 aromatic heterocycles. The zero-order valence-corrected chi connectivity index (χ0v) is 21.4. The summed E-state index contributed by atoms with van der Waals surface area (Å²) in [5, 5.41) is 7.60. The van der Waals surface area contributed by atoms with E-state index in [9.17, 15) is 9.18 Å². The molecule has 1 aromatic carbocycles. The number of nitrogens with zero attached hydrogens (tertiary/aromatic N) is 7. The minimum atomic E-state index is -0.318. The molecular weight excluding hydrogens is 497 g/mol. The summed E-state index contributed by atoms with van der Waals surface area (Å²) in [5.41, 5.74) is 12.6. The lowest BCUT2D eigenvalue weighted by Gasteiger charge is -2.42. The van der Waals surface area contributed by atoms with Gasteiger partial charge in [-0.3, -0.25) is 14.9 Å². The molecule has 8 rings (SSSR count). The number of pyridine rings is 1. The Morgan fingerprint density at radius 3 is 2.77 bits per heavy atom. The zero-order chi connectivity index (χ0) is 26.3. The summed E-state index contributed by atoms with van der Waals surface area (Å²) in [7, 11) is 0. The Morgan fingerprint density at radius 1 is 1.08 bits per heavy atom. The summed E-state index contributed by atoms with van der Waals surface area (Å²) in [4.78, 5) is 32.8. The highest BCUT2D eigenvalue weighted by molar-refractivity contribution is 6.03. The molecule has 1 saturated heterocycles. The smallest absolute Gasteiger partial charge is 0.227 e. The first-order chi connectivity index (χ1) is 19.0. The molecule has 1 amide bonds. The predicted octanol–water partition coefficient (Wildman–Crippen LogP) is 3.16. The average Bonchev–Trinajstić information content (AvgIpc) is 3.49. The molecule has 1 atom stereocenters. The van der Waals surface area contributed by atoms with Gasteiger partial charge in [0.05, 0.1) is 17.6 Å². The molecule has 6 heterocycles. The second kappa shape index (κ2) is 8.19. The molecule has 0 bridgehead atoms. The van der Waals surface area contributed by atoms with E-state index in [1.165, 1.54) is 17.7 Å². The zero-order valence-electron chi connectivity index (χ0n) is 21.4. The Bertz CT molecular complexity index is 1640. The summed E-state index contributed by atoms with van der Waals surface area (Å²) < 4.78 is 14.6. The third kappa shape index (κ3) is 3.32. The fourth-order valence-electron chi connectivity index (χ4n) is 7.07. The van der Waals surface area contributed by atoms with E-state index in [4.69, 9.17) is 15.7 Å². The van der Waals surface area contributed by atoms with Gasteiger partial charge < -0.3 is 20.4 Å². The first kappa shape index (κ1) is 22.8. The SMILES string of the molecule is N[C@@H]1c2cccnc2CC12CCN(c1cnc3c(N4CCN5C(=O)CCc6cc(F)cc4c65)n[nH]c3n1)CC2. The largest absolute Gasteiger partial charge is 0.355 e. The number of piperidine rings is 1. The molecule has 1 fully saturated rings. The number of nitrogens with one attached hydrogen (secondary N) is 1. The maximum Gasteiger partial charge on any atom is 0.227 e. The van der Waals surface area contributed by atoms with E-state index in [1.54, 1.807) is 11.1 Å². The lowest BCUT2D eigenvalue weighted by Crippen LogP contribution is -2.45. The van der Waals surface area contributed by atoms with Crippen LogP contribution in [-0.4, -0.2) is 57.2 Å². The molecule has 198 valence electrons. The lowest BCUT2D eigenvalue weighted by molar-refractivity contribution is -0.118. The summed E-state index contributed by atoms with van der Waals surface area (Å²) in [6, 6.07) is 7.11. The third-order valence-electron chi connectivity index (χ3n) is 9.17. The minimum absolute atomic E-state index is 0.0106. The molecule has 1 aliphatic carbocycles. The van der Waals surface area contributed by atoms with Crippen molar-refractivity contribution in [3.05, 3.63) is 59.3 Å². The van der Waals surface area contributed by atoms with Crippen molar-refractivity contribution in [1.82, 2.24) is 25.1 Å². The molecule has 3 aliphatic heterocycles. The molecule has 10 nitrogen and oxygen atoms in total. The first-order valence-corrected chi connectivity index (χ1v) is 13.6. The second-order valence-corrected chi connectivity index (χ2v) is 11.1. The fourth-order valence-corrected chi connectivity index (χ4v) is 7.07. The van der Waals surface area contributed by atoms with Crippen molar-refractivity contribution < 1.29 is 9.18 Å². The number of hydrogen-bond donors (Lipinski definition) is 2. The molecule has 39 heavy (non-hydrogen) atoms. The standard InChI is InChI=1S/C28H28FN9O/c29-17-12-16-3-4-22(39)38-11-10-37(20(13-17)24(16)38)27-23-26(34-35-27)33-21(15-32-23)36-8-5-28(6-9-36)14-19-18(25(28)30)2-1-7-31-19/h1-2,7,12-13,15,25H,3-6,8-11,14,30H2,(H,33,34,35)/t25-/m1/s1. The number of carbonyl (C=O) groups excluding carboxylic acids is 1. The van der Waals surface area contributed by atoms with Crippen LogP contribution < -0.4 is 20.4 Å². The fraction of sp³-hybridized carbons (Fsp3) is 0.393. The van der Waals surface area contributed by atoms with Gasteiger partial charge in [0.25, 0.3) is 0 Å². The Hall–Kier alpha value is -4.12. The molecule has 0 saturated carbocycles. The van der Waals surface area contributed by atoms with E-state index in [1.807, 2.05) is 17.2 Å². The molecule has 0 unspecified atom stereocenters. The molecule has 0 radical (unpaired) electrons. The van der Waals surface area contributed by atoms with Gasteiger partial charge >= 0.3 is 0 Å². The van der Waals surface area contributed by atoms with Gasteiger partial charge in [0, 0.05) is 50.5 Å². The number of fused-ring (bicyclic) bond motifs is 2. The van der Waals surface area contributed by atoms with Crippen molar-refractivity contribution in [3.63, 3.8) is 0 Å². The summed E-state index contributed by atoms with van der Waals surface area (Å²) >= 11 is 0. The maximum atomic E-state index is 14.6. The van der Waals surface area contributed by atoms with Crippen molar-refractivity contribution in [2.75, 3.05) is 40.9 Å². The first-order valence-electron chi connectivity index (χ1n) is 13.6. The highest BCUT2D eigenvalue weighted by Crippen LogP contribution is 2.50. The van der Waals surface area contributed by atoms with Crippen LogP contribution in [0, 0.1) is 11.2 Å². The highest BCUT2D eigenvalue weighted by Gasteiger charge is 2.46. The van der Waals surface area contributed by atoms with E-state index < -0.39 is 0 Å². The highest BCUT2D eigenvalue weighted by atomic mass is 19.1. The normalized spacial score (nSPS) is 21.5. The van der Waals surface area contributed by atoms with Crippen LogP contribution in [0.25, 0.3) is 11.2 Å². The van der Waals surface area contributed by atoms with Crippen LogP contribution in [0.5, 0.6) is 0 Å². The Kier molecular flexibility index (Phi) is 4.79. The van der Waals surface area contributed by atoms with Gasteiger partial charge in [0.1, 0.15) is 11.6 Å². The molecular formula is C28H28FN9O. The number of amides is 1. The van der Waals surface area contributed by atoms with Crippen LogP contribution in [0.15, 0.2) is 36.7 Å². The van der Waals surface area contributed by atoms with E-state index in [-0.39, 0.29) is 23.2 Å². The van der Waals surface area contributed by atoms with E-state index in [0.717, 1.165) is 55.1 Å². The molecule has 4 aliphatic rings. The number of anilines is 4. The van der Waals surface area contributed by atoms with Crippen molar-refractivity contribution in [2.24, 2.45) is 11.1 Å². The number of hydrogen-bond acceptors (Lipinski definition) is 8. The van der Waals surface area contributed by atoms with Crippen LogP contribution in [0.2, 0.25) is 0 Å².